The van der Waals surface area contributed by atoms with Crippen LogP contribution >= 0.6 is 0 Å². The van der Waals surface area contributed by atoms with Crippen LogP contribution in [0.5, 0.6) is 5.75 Å². The third kappa shape index (κ3) is 5.65. The van der Waals surface area contributed by atoms with Crippen LogP contribution in [-0.4, -0.2) is 59.8 Å². The lowest BCUT2D eigenvalue weighted by Gasteiger charge is -2.27. The monoisotopic (exact) mass is 428 g/mol. The van der Waals surface area contributed by atoms with Gasteiger partial charge in [-0.3, -0.25) is 9.59 Å². The molecule has 6 nitrogen and oxygen atoms in total. The van der Waals surface area contributed by atoms with Gasteiger partial charge in [-0.1, -0.05) is 19.1 Å². The number of ether oxygens (including phenoxy) is 2. The van der Waals surface area contributed by atoms with E-state index in [1.165, 1.54) is 24.3 Å². The van der Waals surface area contributed by atoms with Gasteiger partial charge in [0.25, 0.3) is 0 Å². The number of hydrogen-bond acceptors (Lipinski definition) is 4. The second-order valence-electron chi connectivity index (χ2n) is 8.51. The minimum atomic E-state index is -4.74. The molecule has 1 aromatic carbocycles. The Hall–Kier alpha value is -2.29. The number of rotatable bonds is 6. The van der Waals surface area contributed by atoms with Crippen molar-refractivity contribution in [3.63, 3.8) is 0 Å². The Bertz CT molecular complexity index is 775. The summed E-state index contributed by atoms with van der Waals surface area (Å²) in [5.74, 6) is -0.433. The number of benzene rings is 1. The zero-order valence-corrected chi connectivity index (χ0v) is 17.4. The molecule has 1 saturated heterocycles. The Morgan fingerprint density at radius 2 is 1.83 bits per heavy atom. The molecule has 0 bridgehead atoms. The predicted octanol–water partition coefficient (Wildman–Crippen LogP) is 3.35. The molecule has 1 saturated carbocycles. The lowest BCUT2D eigenvalue weighted by atomic mass is 10.1. The molecule has 1 aliphatic heterocycles. The number of alkyl halides is 3. The summed E-state index contributed by atoms with van der Waals surface area (Å²) in [6.07, 6.45) is -3.49. The molecule has 3 rings (SSSR count). The topological polar surface area (TPSA) is 59.1 Å². The van der Waals surface area contributed by atoms with Crippen molar-refractivity contribution in [2.75, 3.05) is 19.6 Å². The fraction of sp³-hybridized carbons (Fsp3) is 0.619. The first-order valence-corrected chi connectivity index (χ1v) is 10.0. The summed E-state index contributed by atoms with van der Waals surface area (Å²) in [6.45, 7) is 6.57. The van der Waals surface area contributed by atoms with Crippen molar-refractivity contribution >= 4 is 11.8 Å². The Labute approximate surface area is 173 Å². The maximum absolute atomic E-state index is 12.8. The van der Waals surface area contributed by atoms with E-state index < -0.39 is 12.5 Å². The summed E-state index contributed by atoms with van der Waals surface area (Å²) < 4.78 is 46.7. The van der Waals surface area contributed by atoms with Crippen LogP contribution in [-0.2, 0) is 20.9 Å². The van der Waals surface area contributed by atoms with Crippen LogP contribution in [0.3, 0.4) is 0 Å². The Morgan fingerprint density at radius 1 is 1.20 bits per heavy atom. The van der Waals surface area contributed by atoms with Gasteiger partial charge >= 0.3 is 6.36 Å². The van der Waals surface area contributed by atoms with Crippen LogP contribution in [0.1, 0.15) is 39.2 Å². The highest BCUT2D eigenvalue weighted by Crippen LogP contribution is 2.46. The first-order valence-electron chi connectivity index (χ1n) is 10.0. The summed E-state index contributed by atoms with van der Waals surface area (Å²) in [6, 6.07) is 5.42. The molecule has 2 aliphatic rings. The largest absolute Gasteiger partial charge is 0.573 e. The number of carbonyl (C=O) groups is 2. The van der Waals surface area contributed by atoms with Gasteiger partial charge in [-0.05, 0) is 44.4 Å². The maximum atomic E-state index is 12.8. The van der Waals surface area contributed by atoms with Gasteiger partial charge in [0.05, 0.1) is 19.3 Å². The van der Waals surface area contributed by atoms with Gasteiger partial charge in [-0.2, -0.15) is 0 Å². The van der Waals surface area contributed by atoms with Crippen molar-refractivity contribution in [1.82, 2.24) is 9.80 Å². The summed E-state index contributed by atoms with van der Waals surface area (Å²) in [4.78, 5) is 28.8. The lowest BCUT2D eigenvalue weighted by Crippen LogP contribution is -2.43. The minimum absolute atomic E-state index is 0.0243. The zero-order chi connectivity index (χ0) is 22.1. The van der Waals surface area contributed by atoms with E-state index in [9.17, 15) is 22.8 Å². The molecular formula is C21H27F3N2O4. The van der Waals surface area contributed by atoms with Gasteiger partial charge in [-0.25, -0.2) is 0 Å². The van der Waals surface area contributed by atoms with Crippen molar-refractivity contribution in [2.24, 2.45) is 5.41 Å². The van der Waals surface area contributed by atoms with Gasteiger partial charge < -0.3 is 19.3 Å². The normalized spacial score (nSPS) is 21.6. The van der Waals surface area contributed by atoms with Crippen molar-refractivity contribution in [2.45, 2.75) is 58.7 Å². The fourth-order valence-corrected chi connectivity index (χ4v) is 3.49. The van der Waals surface area contributed by atoms with Crippen molar-refractivity contribution < 1.29 is 32.2 Å². The number of halogens is 3. The van der Waals surface area contributed by atoms with Gasteiger partial charge in [0.15, 0.2) is 0 Å². The van der Waals surface area contributed by atoms with E-state index in [2.05, 4.69) is 4.74 Å². The average molecular weight is 428 g/mol. The first kappa shape index (κ1) is 22.4. The van der Waals surface area contributed by atoms with E-state index in [-0.39, 0.29) is 42.2 Å². The molecule has 0 aromatic heterocycles. The molecular weight excluding hydrogens is 401 g/mol. The molecule has 9 heteroatoms. The van der Waals surface area contributed by atoms with E-state index in [4.69, 9.17) is 4.74 Å². The third-order valence-electron chi connectivity index (χ3n) is 5.54. The van der Waals surface area contributed by atoms with Crippen LogP contribution in [0.2, 0.25) is 0 Å². The number of nitrogens with zero attached hydrogens (tertiary/aromatic N) is 2. The van der Waals surface area contributed by atoms with Crippen LogP contribution in [0.4, 0.5) is 13.2 Å². The van der Waals surface area contributed by atoms with E-state index in [1.54, 1.807) is 9.80 Å². The van der Waals surface area contributed by atoms with Crippen molar-refractivity contribution in [1.29, 1.82) is 0 Å². The van der Waals surface area contributed by atoms with Crippen molar-refractivity contribution in [3.8, 4) is 5.75 Å². The summed E-state index contributed by atoms with van der Waals surface area (Å²) in [5, 5.41) is 0. The van der Waals surface area contributed by atoms with E-state index in [0.717, 1.165) is 12.8 Å². The number of carbonyl (C=O) groups excluding carboxylic acids is 2. The number of amides is 2. The highest BCUT2D eigenvalue weighted by atomic mass is 19.4. The second-order valence-corrected chi connectivity index (χ2v) is 8.51. The average Bonchev–Trinajstić information content (AvgIpc) is 3.42. The second kappa shape index (κ2) is 8.45. The molecule has 0 N–H and O–H groups in total. The molecule has 1 heterocycles. The number of hydrogen-bond donors (Lipinski definition) is 0. The van der Waals surface area contributed by atoms with Crippen molar-refractivity contribution in [3.05, 3.63) is 29.8 Å². The molecule has 2 fully saturated rings. The van der Waals surface area contributed by atoms with Gasteiger partial charge in [-0.15, -0.1) is 13.2 Å². The molecule has 2 amide bonds. The Kier molecular flexibility index (Phi) is 6.31. The predicted molar refractivity (Wildman–Crippen MR) is 102 cm³/mol. The van der Waals surface area contributed by atoms with Gasteiger partial charge in [0.2, 0.25) is 11.8 Å². The van der Waals surface area contributed by atoms with Gasteiger partial charge in [0, 0.05) is 24.5 Å². The highest BCUT2D eigenvalue weighted by molar-refractivity contribution is 5.89. The summed E-state index contributed by atoms with van der Waals surface area (Å²) in [7, 11) is 0. The SMILES string of the molecule is CC(C)N1CC(OCc2ccc(OC(F)(F)F)cc2)CN(C(=O)C2(C)CC2)CC1=O. The Balaban J connectivity index is 1.66. The van der Waals surface area contributed by atoms with E-state index in [1.807, 2.05) is 20.8 Å². The summed E-state index contributed by atoms with van der Waals surface area (Å²) >= 11 is 0. The molecule has 1 aliphatic carbocycles. The molecule has 166 valence electrons. The molecule has 1 aromatic rings. The molecule has 1 atom stereocenters. The summed E-state index contributed by atoms with van der Waals surface area (Å²) in [5.41, 5.74) is 0.287. The van der Waals surface area contributed by atoms with Gasteiger partial charge in [0.1, 0.15) is 5.75 Å². The molecule has 30 heavy (non-hydrogen) atoms. The molecule has 0 spiro atoms. The Morgan fingerprint density at radius 3 is 2.37 bits per heavy atom. The van der Waals surface area contributed by atoms with E-state index in [0.29, 0.717) is 18.7 Å². The maximum Gasteiger partial charge on any atom is 0.573 e. The van der Waals surface area contributed by atoms with E-state index >= 15 is 0 Å². The van der Waals surface area contributed by atoms with Crippen LogP contribution in [0.25, 0.3) is 0 Å². The van der Waals surface area contributed by atoms with Crippen LogP contribution in [0, 0.1) is 5.41 Å². The third-order valence-corrected chi connectivity index (χ3v) is 5.54. The smallest absolute Gasteiger partial charge is 0.406 e. The molecule has 1 unspecified atom stereocenters. The highest BCUT2D eigenvalue weighted by Gasteiger charge is 2.48. The fourth-order valence-electron chi connectivity index (χ4n) is 3.49. The zero-order valence-electron chi connectivity index (χ0n) is 17.4. The van der Waals surface area contributed by atoms with Crippen LogP contribution in [0.15, 0.2) is 24.3 Å². The first-order chi connectivity index (χ1) is 14.0. The quantitative estimate of drug-likeness (QED) is 0.697. The van der Waals surface area contributed by atoms with Crippen LogP contribution < -0.4 is 4.74 Å². The molecule has 0 radical (unpaired) electrons. The standard InChI is InChI=1S/C21H27F3N2O4/c1-14(2)26-11-17(10-25(12-18(26)27)19(28)20(3)8-9-20)29-13-15-4-6-16(7-5-15)30-21(22,23)24/h4-7,14,17H,8-13H2,1-3H3. The minimum Gasteiger partial charge on any atom is -0.406 e. The lowest BCUT2D eigenvalue weighted by molar-refractivity contribution is -0.274.